The van der Waals surface area contributed by atoms with Crippen LogP contribution in [0.3, 0.4) is 0 Å². The highest BCUT2D eigenvalue weighted by Gasteiger charge is 2.30. The molecule has 1 aliphatic rings. The van der Waals surface area contributed by atoms with Crippen LogP contribution >= 0.6 is 22.9 Å². The fraction of sp³-hybridized carbons (Fsp3) is 0.303. The van der Waals surface area contributed by atoms with Crippen molar-refractivity contribution in [2.45, 2.75) is 57.9 Å². The van der Waals surface area contributed by atoms with Crippen LogP contribution in [0.2, 0.25) is 5.02 Å². The van der Waals surface area contributed by atoms with Crippen LogP contribution in [0.1, 0.15) is 49.8 Å². The Morgan fingerprint density at radius 2 is 1.64 bits per heavy atom. The maximum atomic E-state index is 13.1. The zero-order chi connectivity index (χ0) is 30.3. The number of anilines is 1. The summed E-state index contributed by atoms with van der Waals surface area (Å²) in [5.74, 6) is 0.540. The van der Waals surface area contributed by atoms with Crippen molar-refractivity contribution in [3.63, 3.8) is 0 Å². The van der Waals surface area contributed by atoms with Gasteiger partial charge < -0.3 is 14.7 Å². The van der Waals surface area contributed by atoms with Crippen LogP contribution in [0.4, 0.5) is 18.3 Å². The number of ether oxygens (including phenoxy) is 1. The van der Waals surface area contributed by atoms with Crippen molar-refractivity contribution in [3.8, 4) is 17.0 Å². The van der Waals surface area contributed by atoms with E-state index < -0.39 is 17.3 Å². The first kappa shape index (κ1) is 31.4. The minimum absolute atomic E-state index is 0.0638. The molecule has 0 spiro atoms. The van der Waals surface area contributed by atoms with Crippen LogP contribution in [0.5, 0.6) is 5.75 Å². The fourth-order valence-corrected chi connectivity index (χ4v) is 4.85. The average molecular weight is 615 g/mol. The lowest BCUT2D eigenvalue weighted by molar-refractivity contribution is -0.137. The third kappa shape index (κ3) is 9.26. The Balaban J connectivity index is 0.00000127. The molecule has 222 valence electrons. The second-order valence-electron chi connectivity index (χ2n) is 10.7. The van der Waals surface area contributed by atoms with E-state index in [1.807, 2.05) is 47.8 Å². The van der Waals surface area contributed by atoms with Gasteiger partial charge in [-0.3, -0.25) is 0 Å². The number of aliphatic hydroxyl groups is 1. The fourth-order valence-electron chi connectivity index (χ4n) is 3.79. The van der Waals surface area contributed by atoms with Crippen LogP contribution in [-0.4, -0.2) is 22.2 Å². The van der Waals surface area contributed by atoms with Gasteiger partial charge in [0, 0.05) is 29.1 Å². The third-order valence-corrected chi connectivity index (χ3v) is 7.69. The standard InChI is InChI=1S/C30H28ClF3N2O2S.C3H6/c1-20(37)29(2,3)38-26-13-9-21(10-14-26)15-16-36(18-22-7-11-24(12-8-22)30(32,33)34)28-35-27(19-39-28)23-5-4-6-25(31)17-23;1-2-3-1/h4-14,17,19,37H,1,15-16,18H2,2-3H3;1-3H2. The second-order valence-corrected chi connectivity index (χ2v) is 11.9. The topological polar surface area (TPSA) is 45.6 Å². The average Bonchev–Trinajstić information content (AvgIpc) is 3.75. The Kier molecular flexibility index (Phi) is 10.2. The minimum Gasteiger partial charge on any atom is -0.509 e. The van der Waals surface area contributed by atoms with Gasteiger partial charge >= 0.3 is 6.18 Å². The number of nitrogens with zero attached hydrogens (tertiary/aromatic N) is 2. The van der Waals surface area contributed by atoms with E-state index >= 15 is 0 Å². The highest BCUT2D eigenvalue weighted by Crippen LogP contribution is 2.32. The lowest BCUT2D eigenvalue weighted by Gasteiger charge is -2.25. The van der Waals surface area contributed by atoms with Gasteiger partial charge in [0.05, 0.1) is 11.3 Å². The molecule has 4 nitrogen and oxygen atoms in total. The molecule has 3 aromatic carbocycles. The number of hydrogen-bond acceptors (Lipinski definition) is 5. The first-order chi connectivity index (χ1) is 19.9. The van der Waals surface area contributed by atoms with E-state index in [9.17, 15) is 18.3 Å². The van der Waals surface area contributed by atoms with Gasteiger partial charge in [-0.05, 0) is 67.8 Å². The largest absolute Gasteiger partial charge is 0.509 e. The molecule has 0 atom stereocenters. The molecule has 42 heavy (non-hydrogen) atoms. The Morgan fingerprint density at radius 1 is 1.00 bits per heavy atom. The van der Waals surface area contributed by atoms with Crippen molar-refractivity contribution in [3.05, 3.63) is 112 Å². The van der Waals surface area contributed by atoms with E-state index in [2.05, 4.69) is 11.5 Å². The van der Waals surface area contributed by atoms with Crippen molar-refractivity contribution in [1.82, 2.24) is 4.98 Å². The monoisotopic (exact) mass is 614 g/mol. The lowest BCUT2D eigenvalue weighted by atomic mass is 10.1. The molecule has 1 heterocycles. The molecule has 1 N–H and O–H groups in total. The van der Waals surface area contributed by atoms with Crippen LogP contribution in [0, 0.1) is 0 Å². The molecule has 0 unspecified atom stereocenters. The van der Waals surface area contributed by atoms with E-state index in [0.717, 1.165) is 39.6 Å². The van der Waals surface area contributed by atoms with Crippen LogP contribution in [0.25, 0.3) is 11.3 Å². The number of benzene rings is 3. The summed E-state index contributed by atoms with van der Waals surface area (Å²) in [4.78, 5) is 6.87. The molecule has 1 aromatic heterocycles. The van der Waals surface area contributed by atoms with Crippen molar-refractivity contribution in [2.75, 3.05) is 11.4 Å². The van der Waals surface area contributed by atoms with Gasteiger partial charge in [0.25, 0.3) is 0 Å². The summed E-state index contributed by atoms with van der Waals surface area (Å²) in [6, 6.07) is 20.2. The molecular weight excluding hydrogens is 581 g/mol. The Labute approximate surface area is 254 Å². The summed E-state index contributed by atoms with van der Waals surface area (Å²) < 4.78 is 45.0. The van der Waals surface area contributed by atoms with Gasteiger partial charge in [-0.2, -0.15) is 13.2 Å². The van der Waals surface area contributed by atoms with Crippen LogP contribution < -0.4 is 9.64 Å². The molecule has 0 saturated heterocycles. The van der Waals surface area contributed by atoms with E-state index in [1.165, 1.54) is 42.7 Å². The summed E-state index contributed by atoms with van der Waals surface area (Å²) in [5.41, 5.74) is 1.88. The predicted octanol–water partition coefficient (Wildman–Crippen LogP) is 10.1. The van der Waals surface area contributed by atoms with Crippen molar-refractivity contribution in [2.24, 2.45) is 0 Å². The lowest BCUT2D eigenvalue weighted by Crippen LogP contribution is -2.30. The normalized spacial score (nSPS) is 12.7. The molecule has 0 bridgehead atoms. The second kappa shape index (κ2) is 13.7. The molecule has 1 saturated carbocycles. The number of alkyl halides is 3. The predicted molar refractivity (Wildman–Crippen MR) is 166 cm³/mol. The van der Waals surface area contributed by atoms with E-state index in [-0.39, 0.29) is 5.76 Å². The molecule has 0 amide bonds. The molecule has 5 rings (SSSR count). The first-order valence-electron chi connectivity index (χ1n) is 13.7. The molecule has 1 aliphatic carbocycles. The number of halogens is 4. The SMILES string of the molecule is C1CC1.C=C(O)C(C)(C)Oc1ccc(CCN(Cc2ccc(C(F)(F)F)cc2)c2nc(-c3cccc(Cl)c3)cs2)cc1. The van der Waals surface area contributed by atoms with Gasteiger partial charge in [0.2, 0.25) is 0 Å². The third-order valence-electron chi connectivity index (χ3n) is 6.55. The highest BCUT2D eigenvalue weighted by atomic mass is 35.5. The number of aromatic nitrogens is 1. The van der Waals surface area contributed by atoms with E-state index in [0.29, 0.717) is 30.3 Å². The molecule has 0 aliphatic heterocycles. The summed E-state index contributed by atoms with van der Waals surface area (Å²) in [7, 11) is 0. The van der Waals surface area contributed by atoms with Gasteiger partial charge in [-0.15, -0.1) is 11.3 Å². The molecular formula is C33H34ClF3N2O2S. The number of rotatable bonds is 10. The Morgan fingerprint density at radius 3 is 2.21 bits per heavy atom. The minimum atomic E-state index is -4.38. The van der Waals surface area contributed by atoms with Gasteiger partial charge in [0.15, 0.2) is 10.7 Å². The first-order valence-corrected chi connectivity index (χ1v) is 15.0. The molecule has 0 radical (unpaired) electrons. The van der Waals surface area contributed by atoms with E-state index in [4.69, 9.17) is 21.3 Å². The summed E-state index contributed by atoms with van der Waals surface area (Å²) in [6.07, 6.45) is 0.790. The smallest absolute Gasteiger partial charge is 0.416 e. The quantitative estimate of drug-likeness (QED) is 0.181. The molecule has 1 fully saturated rings. The molecule has 9 heteroatoms. The van der Waals surface area contributed by atoms with Crippen molar-refractivity contribution in [1.29, 1.82) is 0 Å². The summed E-state index contributed by atoms with van der Waals surface area (Å²) in [5, 5.41) is 13.0. The van der Waals surface area contributed by atoms with Crippen molar-refractivity contribution >= 4 is 28.1 Å². The van der Waals surface area contributed by atoms with Gasteiger partial charge in [0.1, 0.15) is 11.5 Å². The van der Waals surface area contributed by atoms with E-state index in [1.54, 1.807) is 19.9 Å². The molecule has 4 aromatic rings. The highest BCUT2D eigenvalue weighted by molar-refractivity contribution is 7.14. The maximum Gasteiger partial charge on any atom is 0.416 e. The number of thiazole rings is 1. The Bertz CT molecular complexity index is 1460. The summed E-state index contributed by atoms with van der Waals surface area (Å²) >= 11 is 7.63. The van der Waals surface area contributed by atoms with Crippen molar-refractivity contribution < 1.29 is 23.0 Å². The maximum absolute atomic E-state index is 13.1. The van der Waals surface area contributed by atoms with Crippen LogP contribution in [0.15, 0.2) is 90.5 Å². The Hall–Kier alpha value is -3.49. The van der Waals surface area contributed by atoms with Crippen LogP contribution in [-0.2, 0) is 19.1 Å². The number of aliphatic hydroxyl groups excluding tert-OH is 1. The van der Waals surface area contributed by atoms with Gasteiger partial charge in [-0.25, -0.2) is 4.98 Å². The zero-order valence-electron chi connectivity index (χ0n) is 23.6. The van der Waals surface area contributed by atoms with Gasteiger partial charge in [-0.1, -0.05) is 73.8 Å². The zero-order valence-corrected chi connectivity index (χ0v) is 25.2. The summed E-state index contributed by atoms with van der Waals surface area (Å²) in [6.45, 7) is 8.00. The number of hydrogen-bond donors (Lipinski definition) is 1.